The van der Waals surface area contributed by atoms with Gasteiger partial charge < -0.3 is 4.57 Å². The van der Waals surface area contributed by atoms with Crippen LogP contribution in [0, 0.1) is 10.6 Å². The number of aromatic nitrogens is 3. The largest absolute Gasteiger partial charge is 0.303 e. The summed E-state index contributed by atoms with van der Waals surface area (Å²) in [7, 11) is 1.71. The number of hydrogen-bond donors (Lipinski definition) is 1. The van der Waals surface area contributed by atoms with Crippen molar-refractivity contribution in [1.29, 1.82) is 0 Å². The summed E-state index contributed by atoms with van der Waals surface area (Å²) in [5, 5.41) is 6.59. The summed E-state index contributed by atoms with van der Waals surface area (Å²) in [6.45, 7) is 0. The van der Waals surface area contributed by atoms with Crippen LogP contribution in [-0.4, -0.2) is 14.8 Å². The Morgan fingerprint density at radius 3 is 2.87 bits per heavy atom. The SMILES string of the molecule is Cn1c(-c2cccc(Cl)c2F)n[nH]c1=S. The minimum atomic E-state index is -0.490. The third kappa shape index (κ3) is 1.68. The second-order valence-corrected chi connectivity index (χ2v) is 3.81. The molecule has 78 valence electrons. The number of nitrogens with zero attached hydrogens (tertiary/aromatic N) is 2. The average molecular weight is 244 g/mol. The summed E-state index contributed by atoms with van der Waals surface area (Å²) >= 11 is 10.6. The van der Waals surface area contributed by atoms with Gasteiger partial charge in [-0.1, -0.05) is 17.7 Å². The molecule has 2 aromatic rings. The second kappa shape index (κ2) is 3.75. The zero-order chi connectivity index (χ0) is 11.0. The molecular weight excluding hydrogens is 237 g/mol. The first-order chi connectivity index (χ1) is 7.11. The Hall–Kier alpha value is -1.20. The van der Waals surface area contributed by atoms with E-state index in [0.717, 1.165) is 0 Å². The molecule has 0 atom stereocenters. The van der Waals surface area contributed by atoms with Gasteiger partial charge in [-0.25, -0.2) is 4.39 Å². The van der Waals surface area contributed by atoms with Crippen LogP contribution < -0.4 is 0 Å². The predicted octanol–water partition coefficient (Wildman–Crippen LogP) is 2.94. The number of H-pyrrole nitrogens is 1. The Balaban J connectivity index is 2.69. The van der Waals surface area contributed by atoms with Crippen LogP contribution in [-0.2, 0) is 7.05 Å². The van der Waals surface area contributed by atoms with E-state index in [9.17, 15) is 4.39 Å². The van der Waals surface area contributed by atoms with E-state index in [1.807, 2.05) is 0 Å². The monoisotopic (exact) mass is 243 g/mol. The molecule has 1 aromatic heterocycles. The van der Waals surface area contributed by atoms with Gasteiger partial charge in [0, 0.05) is 7.05 Å². The molecule has 1 N–H and O–H groups in total. The molecule has 15 heavy (non-hydrogen) atoms. The van der Waals surface area contributed by atoms with E-state index in [0.29, 0.717) is 16.2 Å². The lowest BCUT2D eigenvalue weighted by atomic mass is 10.2. The minimum Gasteiger partial charge on any atom is -0.303 e. The fourth-order valence-electron chi connectivity index (χ4n) is 1.26. The highest BCUT2D eigenvalue weighted by Gasteiger charge is 2.12. The van der Waals surface area contributed by atoms with Crippen molar-refractivity contribution in [3.63, 3.8) is 0 Å². The Kier molecular flexibility index (Phi) is 2.58. The quantitative estimate of drug-likeness (QED) is 0.782. The van der Waals surface area contributed by atoms with Crippen LogP contribution in [0.4, 0.5) is 4.39 Å². The van der Waals surface area contributed by atoms with Gasteiger partial charge >= 0.3 is 0 Å². The average Bonchev–Trinajstić information content (AvgIpc) is 2.53. The zero-order valence-electron chi connectivity index (χ0n) is 7.79. The summed E-state index contributed by atoms with van der Waals surface area (Å²) in [5.41, 5.74) is 0.331. The van der Waals surface area contributed by atoms with Crippen LogP contribution in [0.15, 0.2) is 18.2 Å². The van der Waals surface area contributed by atoms with Crippen LogP contribution in [0.2, 0.25) is 5.02 Å². The Labute approximate surface area is 95.5 Å². The van der Waals surface area contributed by atoms with E-state index in [1.54, 1.807) is 23.7 Å². The summed E-state index contributed by atoms with van der Waals surface area (Å²) in [6, 6.07) is 4.76. The molecule has 0 aliphatic rings. The van der Waals surface area contributed by atoms with Crippen LogP contribution in [0.5, 0.6) is 0 Å². The maximum Gasteiger partial charge on any atom is 0.195 e. The van der Waals surface area contributed by atoms with Crippen molar-refractivity contribution in [3.05, 3.63) is 33.8 Å². The Bertz CT molecular complexity index is 561. The third-order valence-corrected chi connectivity index (χ3v) is 2.73. The van der Waals surface area contributed by atoms with Crippen molar-refractivity contribution in [3.8, 4) is 11.4 Å². The van der Waals surface area contributed by atoms with E-state index in [1.165, 1.54) is 6.07 Å². The van der Waals surface area contributed by atoms with Crippen molar-refractivity contribution < 1.29 is 4.39 Å². The molecule has 6 heteroatoms. The van der Waals surface area contributed by atoms with E-state index < -0.39 is 5.82 Å². The van der Waals surface area contributed by atoms with Gasteiger partial charge in [0.2, 0.25) is 0 Å². The number of nitrogens with one attached hydrogen (secondary N) is 1. The van der Waals surface area contributed by atoms with E-state index in [2.05, 4.69) is 10.2 Å². The molecule has 0 saturated carbocycles. The molecule has 0 unspecified atom stereocenters. The Morgan fingerprint density at radius 2 is 2.27 bits per heavy atom. The van der Waals surface area contributed by atoms with Crippen molar-refractivity contribution in [1.82, 2.24) is 14.8 Å². The molecule has 0 spiro atoms. The first-order valence-electron chi connectivity index (χ1n) is 4.17. The van der Waals surface area contributed by atoms with E-state index in [4.69, 9.17) is 23.8 Å². The van der Waals surface area contributed by atoms with Crippen LogP contribution in [0.3, 0.4) is 0 Å². The van der Waals surface area contributed by atoms with Gasteiger partial charge in [-0.3, -0.25) is 5.10 Å². The minimum absolute atomic E-state index is 0.0708. The maximum absolute atomic E-state index is 13.6. The highest BCUT2D eigenvalue weighted by molar-refractivity contribution is 7.71. The summed E-state index contributed by atoms with van der Waals surface area (Å²) < 4.78 is 15.7. The summed E-state index contributed by atoms with van der Waals surface area (Å²) in [5.74, 6) is -0.0590. The van der Waals surface area contributed by atoms with Crippen LogP contribution >= 0.6 is 23.8 Å². The molecule has 2 rings (SSSR count). The van der Waals surface area contributed by atoms with Gasteiger partial charge in [-0.2, -0.15) is 5.10 Å². The number of aromatic amines is 1. The van der Waals surface area contributed by atoms with Crippen molar-refractivity contribution >= 4 is 23.8 Å². The van der Waals surface area contributed by atoms with Gasteiger partial charge in [-0.05, 0) is 24.4 Å². The molecule has 3 nitrogen and oxygen atoms in total. The van der Waals surface area contributed by atoms with E-state index in [-0.39, 0.29) is 5.02 Å². The van der Waals surface area contributed by atoms with E-state index >= 15 is 0 Å². The Morgan fingerprint density at radius 1 is 1.53 bits per heavy atom. The molecule has 0 saturated heterocycles. The molecule has 0 bridgehead atoms. The van der Waals surface area contributed by atoms with Gasteiger partial charge in [0.1, 0.15) is 0 Å². The molecule has 1 heterocycles. The van der Waals surface area contributed by atoms with Gasteiger partial charge in [-0.15, -0.1) is 0 Å². The zero-order valence-corrected chi connectivity index (χ0v) is 9.36. The highest BCUT2D eigenvalue weighted by atomic mass is 35.5. The van der Waals surface area contributed by atoms with Crippen molar-refractivity contribution in [2.45, 2.75) is 0 Å². The molecular formula is C9H7ClFN3S. The van der Waals surface area contributed by atoms with Gasteiger partial charge in [0.25, 0.3) is 0 Å². The second-order valence-electron chi connectivity index (χ2n) is 3.01. The van der Waals surface area contributed by atoms with Gasteiger partial charge in [0.05, 0.1) is 10.6 Å². The number of benzene rings is 1. The van der Waals surface area contributed by atoms with Crippen LogP contribution in [0.25, 0.3) is 11.4 Å². The number of halogens is 2. The molecule has 0 fully saturated rings. The highest BCUT2D eigenvalue weighted by Crippen LogP contribution is 2.25. The summed E-state index contributed by atoms with van der Waals surface area (Å²) in [6.07, 6.45) is 0. The standard InChI is InChI=1S/C9H7ClFN3S/c1-14-8(12-13-9(14)15)5-3-2-4-6(10)7(5)11/h2-4H,1H3,(H,13,15). The lowest BCUT2D eigenvalue weighted by Gasteiger charge is -2.02. The number of rotatable bonds is 1. The maximum atomic E-state index is 13.6. The molecule has 0 amide bonds. The normalized spacial score (nSPS) is 10.6. The predicted molar refractivity (Wildman–Crippen MR) is 58.8 cm³/mol. The van der Waals surface area contributed by atoms with Crippen molar-refractivity contribution in [2.24, 2.45) is 7.05 Å². The van der Waals surface area contributed by atoms with Crippen molar-refractivity contribution in [2.75, 3.05) is 0 Å². The topological polar surface area (TPSA) is 33.6 Å². The molecule has 0 radical (unpaired) electrons. The summed E-state index contributed by atoms with van der Waals surface area (Å²) in [4.78, 5) is 0. The fourth-order valence-corrected chi connectivity index (χ4v) is 1.57. The smallest absolute Gasteiger partial charge is 0.195 e. The first-order valence-corrected chi connectivity index (χ1v) is 4.95. The lowest BCUT2D eigenvalue weighted by Crippen LogP contribution is -1.95. The third-order valence-electron chi connectivity index (χ3n) is 2.07. The molecule has 0 aliphatic carbocycles. The molecule has 0 aliphatic heterocycles. The first kappa shape index (κ1) is 10.3. The van der Waals surface area contributed by atoms with Crippen LogP contribution in [0.1, 0.15) is 0 Å². The molecule has 1 aromatic carbocycles. The fraction of sp³-hybridized carbons (Fsp3) is 0.111. The van der Waals surface area contributed by atoms with Gasteiger partial charge in [0.15, 0.2) is 16.4 Å². The number of hydrogen-bond acceptors (Lipinski definition) is 2. The lowest BCUT2D eigenvalue weighted by molar-refractivity contribution is 0.629.